The third-order valence-corrected chi connectivity index (χ3v) is 3.43. The van der Waals surface area contributed by atoms with Crippen molar-refractivity contribution in [3.8, 4) is 0 Å². The van der Waals surface area contributed by atoms with Crippen molar-refractivity contribution in [3.05, 3.63) is 0 Å². The predicted octanol–water partition coefficient (Wildman–Crippen LogP) is 0.805. The Hall–Kier alpha value is -0.230. The van der Waals surface area contributed by atoms with Crippen LogP contribution in [0.25, 0.3) is 0 Å². The molecule has 0 saturated carbocycles. The molecule has 1 unspecified atom stereocenters. The molecule has 15 heavy (non-hydrogen) atoms. The molecule has 5 N–H and O–H groups in total. The van der Waals surface area contributed by atoms with Crippen LogP contribution in [0, 0.1) is 0 Å². The highest BCUT2D eigenvalue weighted by Crippen LogP contribution is 2.42. The minimum absolute atomic E-state index is 0.484. The second-order valence-electron chi connectivity index (χ2n) is 2.67. The van der Waals surface area contributed by atoms with Gasteiger partial charge in [0.2, 0.25) is 0 Å². The summed E-state index contributed by atoms with van der Waals surface area (Å²) in [5.41, 5.74) is -2.57. The summed E-state index contributed by atoms with van der Waals surface area (Å²) in [7, 11) is -8.58. The van der Waals surface area contributed by atoms with E-state index in [1.54, 1.807) is 13.8 Å². The van der Waals surface area contributed by atoms with E-state index in [0.29, 0.717) is 6.42 Å². The molecule has 0 aromatic rings. The van der Waals surface area contributed by atoms with Gasteiger partial charge in [-0.2, -0.15) is 0 Å². The van der Waals surface area contributed by atoms with Gasteiger partial charge in [0, 0.05) is 0 Å². The van der Waals surface area contributed by atoms with Gasteiger partial charge in [0.15, 0.2) is 0 Å². The molecule has 0 aromatic heterocycles. The van der Waals surface area contributed by atoms with Crippen molar-refractivity contribution in [2.24, 2.45) is 0 Å². The molecule has 10 heteroatoms. The number of hydrogen-bond acceptors (Lipinski definition) is 3. The largest absolute Gasteiger partial charge is 0.472 e. The first kappa shape index (κ1) is 17.2. The van der Waals surface area contributed by atoms with E-state index < -0.39 is 26.6 Å². The highest BCUT2D eigenvalue weighted by atomic mass is 31.2. The van der Waals surface area contributed by atoms with Crippen molar-refractivity contribution in [2.75, 3.05) is 0 Å². The van der Waals surface area contributed by atoms with Crippen LogP contribution in [-0.2, 0) is 9.13 Å². The third kappa shape index (κ3) is 10.1. The van der Waals surface area contributed by atoms with Crippen LogP contribution >= 0.6 is 15.2 Å². The Balaban J connectivity index is 0. The lowest BCUT2D eigenvalue weighted by Crippen LogP contribution is -1.99. The van der Waals surface area contributed by atoms with Crippen LogP contribution < -0.4 is 0 Å². The fraction of sp³-hybridized carbons (Fsp3) is 0.800. The van der Waals surface area contributed by atoms with Crippen LogP contribution in [0.2, 0.25) is 0 Å². The number of carboxylic acid groups (broad SMARTS) is 1. The molecule has 0 radical (unpaired) electrons. The molecule has 0 bridgehead atoms. The zero-order valence-corrected chi connectivity index (χ0v) is 9.93. The maximum atomic E-state index is 10.3. The molecule has 8 nitrogen and oxygen atoms in total. The Morgan fingerprint density at radius 2 is 1.47 bits per heavy atom. The molecule has 0 aromatic carbocycles. The lowest BCUT2D eigenvalue weighted by Gasteiger charge is -2.08. The summed E-state index contributed by atoms with van der Waals surface area (Å²) in [5, 5.41) is 7.49. The molecule has 0 aliphatic carbocycles. The summed E-state index contributed by atoms with van der Waals surface area (Å²) in [4.78, 5) is 41.3. The van der Waals surface area contributed by atoms with Crippen molar-refractivity contribution in [2.45, 2.75) is 25.9 Å². The Bertz CT molecular complexity index is 287. The van der Waals surface area contributed by atoms with Gasteiger partial charge in [0.1, 0.15) is 0 Å². The highest BCUT2D eigenvalue weighted by Gasteiger charge is 2.23. The molecular weight excluding hydrogens is 250 g/mol. The van der Waals surface area contributed by atoms with Gasteiger partial charge in [-0.15, -0.1) is 0 Å². The predicted molar refractivity (Wildman–Crippen MR) is 51.9 cm³/mol. The zero-order chi connectivity index (χ0) is 12.9. The topological polar surface area (TPSA) is 152 Å². The second-order valence-corrected chi connectivity index (χ2v) is 6.20. The van der Waals surface area contributed by atoms with Gasteiger partial charge in [0.25, 0.3) is 0 Å². The van der Waals surface area contributed by atoms with Gasteiger partial charge in [0.05, 0.1) is 5.66 Å². The summed E-state index contributed by atoms with van der Waals surface area (Å²) in [6, 6.07) is 0. The molecule has 0 fully saturated rings. The Morgan fingerprint density at radius 3 is 1.47 bits per heavy atom. The van der Waals surface area contributed by atoms with E-state index in [9.17, 15) is 13.9 Å². The van der Waals surface area contributed by atoms with E-state index in [1.807, 2.05) is 0 Å². The van der Waals surface area contributed by atoms with Gasteiger partial charge < -0.3 is 24.7 Å². The first-order valence-corrected chi connectivity index (χ1v) is 7.06. The molecule has 0 spiro atoms. The maximum absolute atomic E-state index is 10.3. The van der Waals surface area contributed by atoms with Crippen LogP contribution in [0.3, 0.4) is 0 Å². The van der Waals surface area contributed by atoms with Crippen molar-refractivity contribution >= 4 is 20.9 Å². The molecule has 0 aliphatic heterocycles. The Kier molecular flexibility index (Phi) is 7.30. The number of rotatable bonds is 3. The zero-order valence-electron chi connectivity index (χ0n) is 8.14. The Morgan fingerprint density at radius 1 is 1.20 bits per heavy atom. The molecular formula is C5H14O8P2. The summed E-state index contributed by atoms with van der Waals surface area (Å²) in [6.45, 7) is 3.30. The van der Waals surface area contributed by atoms with E-state index in [4.69, 9.17) is 24.7 Å². The average Bonchev–Trinajstić information content (AvgIpc) is 2.00. The summed E-state index contributed by atoms with van der Waals surface area (Å²) in [6.07, 6.45) is 0.532. The van der Waals surface area contributed by atoms with Gasteiger partial charge in [-0.1, -0.05) is 13.8 Å². The number of hydrogen-bond donors (Lipinski definition) is 5. The van der Waals surface area contributed by atoms with Crippen molar-refractivity contribution in [1.82, 2.24) is 0 Å². The molecule has 0 heterocycles. The molecule has 0 saturated heterocycles. The van der Waals surface area contributed by atoms with Gasteiger partial charge in [-0.05, 0) is 6.42 Å². The Labute approximate surface area is 86.3 Å². The minimum atomic E-state index is -4.82. The van der Waals surface area contributed by atoms with Gasteiger partial charge >= 0.3 is 20.9 Å². The van der Waals surface area contributed by atoms with Crippen LogP contribution in [0.5, 0.6) is 0 Å². The molecule has 1 atom stereocenters. The van der Waals surface area contributed by atoms with Gasteiger partial charge in [-0.3, -0.25) is 4.57 Å². The SMILES string of the molecule is CCC(C)P(=O)(O)O.O=C(O)P(=O)(O)O. The lowest BCUT2D eigenvalue weighted by molar-refractivity contribution is 0.208. The fourth-order valence-electron chi connectivity index (χ4n) is 0.238. The average molecular weight is 264 g/mol. The van der Waals surface area contributed by atoms with Crippen molar-refractivity contribution in [3.63, 3.8) is 0 Å². The third-order valence-electron chi connectivity index (χ3n) is 1.41. The van der Waals surface area contributed by atoms with Gasteiger partial charge in [-0.25, -0.2) is 9.36 Å². The van der Waals surface area contributed by atoms with E-state index in [0.717, 1.165) is 0 Å². The monoisotopic (exact) mass is 264 g/mol. The summed E-state index contributed by atoms with van der Waals surface area (Å²) < 4.78 is 19.7. The van der Waals surface area contributed by atoms with Crippen LogP contribution in [0.1, 0.15) is 20.3 Å². The van der Waals surface area contributed by atoms with Crippen LogP contribution in [0.15, 0.2) is 0 Å². The summed E-state index contributed by atoms with van der Waals surface area (Å²) >= 11 is 0. The quantitative estimate of drug-likeness (QED) is 0.469. The van der Waals surface area contributed by atoms with Crippen LogP contribution in [-0.4, -0.2) is 36.0 Å². The normalized spacial score (nSPS) is 13.7. The van der Waals surface area contributed by atoms with E-state index in [-0.39, 0.29) is 0 Å². The molecule has 92 valence electrons. The fourth-order valence-corrected chi connectivity index (χ4v) is 0.714. The molecule has 0 amide bonds. The lowest BCUT2D eigenvalue weighted by atomic mass is 10.4. The molecule has 0 rings (SSSR count). The molecule has 0 aliphatic rings. The maximum Gasteiger partial charge on any atom is 0.433 e. The highest BCUT2D eigenvalue weighted by molar-refractivity contribution is 7.69. The van der Waals surface area contributed by atoms with E-state index >= 15 is 0 Å². The van der Waals surface area contributed by atoms with Crippen molar-refractivity contribution in [1.29, 1.82) is 0 Å². The first-order valence-electron chi connectivity index (χ1n) is 3.77. The minimum Gasteiger partial charge on any atom is -0.472 e. The van der Waals surface area contributed by atoms with Crippen molar-refractivity contribution < 1.29 is 38.6 Å². The number of carbonyl (C=O) groups is 1. The first-order chi connectivity index (χ1) is 6.42. The van der Waals surface area contributed by atoms with E-state index in [2.05, 4.69) is 0 Å². The standard InChI is InChI=1S/C4H11O3P.CH3O5P/c1-3-4(2)8(5,6)7;2-1(3)7(4,5)6/h4H,3H2,1-2H3,(H2,5,6,7);(H,2,3)(H2,4,5,6). The van der Waals surface area contributed by atoms with E-state index in [1.165, 1.54) is 0 Å². The smallest absolute Gasteiger partial charge is 0.433 e. The van der Waals surface area contributed by atoms with Crippen LogP contribution in [0.4, 0.5) is 4.79 Å². The second kappa shape index (κ2) is 6.37. The summed E-state index contributed by atoms with van der Waals surface area (Å²) in [5.74, 6) is 0.